The van der Waals surface area contributed by atoms with Crippen molar-refractivity contribution in [3.63, 3.8) is 0 Å². The van der Waals surface area contributed by atoms with Crippen molar-refractivity contribution < 1.29 is 13.2 Å². The van der Waals surface area contributed by atoms with Gasteiger partial charge in [-0.1, -0.05) is 11.6 Å². The molecule has 0 atom stereocenters. The molecule has 0 heterocycles. The molecule has 1 aromatic carbocycles. The Kier molecular flexibility index (Phi) is 3.40. The third-order valence-electron chi connectivity index (χ3n) is 2.73. The van der Waals surface area contributed by atoms with E-state index in [0.29, 0.717) is 17.9 Å². The molecule has 0 radical (unpaired) electrons. The Balaban J connectivity index is 2.36. The van der Waals surface area contributed by atoms with E-state index in [1.165, 1.54) is 23.1 Å². The molecule has 0 N–H and O–H groups in total. The van der Waals surface area contributed by atoms with E-state index in [-0.39, 0.29) is 17.3 Å². The summed E-state index contributed by atoms with van der Waals surface area (Å²) in [6.07, 6.45) is -2.86. The summed E-state index contributed by atoms with van der Waals surface area (Å²) in [5, 5.41) is 9.29. The Hall–Kier alpha value is -1.41. The zero-order chi connectivity index (χ0) is 13.3. The third kappa shape index (κ3) is 3.08. The minimum absolute atomic E-state index is 0.141. The molecular formula is C12H10ClF3N2. The van der Waals surface area contributed by atoms with Crippen molar-refractivity contribution in [1.29, 1.82) is 5.26 Å². The third-order valence-corrected chi connectivity index (χ3v) is 2.96. The van der Waals surface area contributed by atoms with Crippen LogP contribution in [-0.2, 0) is 0 Å². The number of rotatable bonds is 3. The maximum Gasteiger partial charge on any atom is 0.405 e. The van der Waals surface area contributed by atoms with Gasteiger partial charge in [0.2, 0.25) is 0 Å². The molecule has 1 aliphatic carbocycles. The van der Waals surface area contributed by atoms with Crippen molar-refractivity contribution in [1.82, 2.24) is 0 Å². The summed E-state index contributed by atoms with van der Waals surface area (Å²) in [4.78, 5) is 1.23. The normalized spacial score (nSPS) is 15.3. The average Bonchev–Trinajstić information content (AvgIpc) is 3.08. The van der Waals surface area contributed by atoms with Gasteiger partial charge in [0, 0.05) is 11.1 Å². The fourth-order valence-corrected chi connectivity index (χ4v) is 1.99. The van der Waals surface area contributed by atoms with Crippen LogP contribution in [0.5, 0.6) is 0 Å². The summed E-state index contributed by atoms with van der Waals surface area (Å²) in [6.45, 7) is -1.05. The lowest BCUT2D eigenvalue weighted by atomic mass is 10.1. The predicted molar refractivity (Wildman–Crippen MR) is 62.6 cm³/mol. The molecule has 2 rings (SSSR count). The van der Waals surface area contributed by atoms with Crippen LogP contribution in [0.2, 0.25) is 5.02 Å². The van der Waals surface area contributed by atoms with E-state index in [2.05, 4.69) is 0 Å². The summed E-state index contributed by atoms with van der Waals surface area (Å²) < 4.78 is 37.7. The molecule has 0 spiro atoms. The molecule has 0 aromatic heterocycles. The summed E-state index contributed by atoms with van der Waals surface area (Å²) in [5.74, 6) is 0. The second kappa shape index (κ2) is 4.69. The van der Waals surface area contributed by atoms with Gasteiger partial charge in [-0.2, -0.15) is 18.4 Å². The van der Waals surface area contributed by atoms with Gasteiger partial charge in [0.05, 0.1) is 11.3 Å². The number of benzene rings is 1. The number of nitrogens with zero attached hydrogens (tertiary/aromatic N) is 2. The highest BCUT2D eigenvalue weighted by Gasteiger charge is 2.39. The van der Waals surface area contributed by atoms with Crippen LogP contribution in [0.4, 0.5) is 18.9 Å². The molecule has 18 heavy (non-hydrogen) atoms. The Bertz CT molecular complexity index is 489. The van der Waals surface area contributed by atoms with Crippen molar-refractivity contribution in [3.8, 4) is 6.07 Å². The fraction of sp³-hybridized carbons (Fsp3) is 0.417. The van der Waals surface area contributed by atoms with Gasteiger partial charge in [0.15, 0.2) is 0 Å². The van der Waals surface area contributed by atoms with Gasteiger partial charge in [-0.3, -0.25) is 0 Å². The van der Waals surface area contributed by atoms with Gasteiger partial charge in [0.25, 0.3) is 0 Å². The van der Waals surface area contributed by atoms with Gasteiger partial charge in [0.1, 0.15) is 12.6 Å². The van der Waals surface area contributed by atoms with Crippen LogP contribution in [-0.4, -0.2) is 18.8 Å². The molecule has 1 saturated carbocycles. The average molecular weight is 275 g/mol. The van der Waals surface area contributed by atoms with Crippen LogP contribution in [0.1, 0.15) is 18.4 Å². The van der Waals surface area contributed by atoms with E-state index in [0.717, 1.165) is 0 Å². The summed E-state index contributed by atoms with van der Waals surface area (Å²) >= 11 is 5.80. The van der Waals surface area contributed by atoms with E-state index in [1.807, 2.05) is 6.07 Å². The molecular weight excluding hydrogens is 265 g/mol. The molecule has 96 valence electrons. The van der Waals surface area contributed by atoms with Gasteiger partial charge in [-0.05, 0) is 31.0 Å². The number of anilines is 1. The molecule has 6 heteroatoms. The Morgan fingerprint density at radius 3 is 2.56 bits per heavy atom. The van der Waals surface area contributed by atoms with E-state index < -0.39 is 12.7 Å². The van der Waals surface area contributed by atoms with Gasteiger partial charge in [-0.15, -0.1) is 0 Å². The van der Waals surface area contributed by atoms with Crippen molar-refractivity contribution in [3.05, 3.63) is 28.8 Å². The quantitative estimate of drug-likeness (QED) is 0.839. The van der Waals surface area contributed by atoms with E-state index >= 15 is 0 Å². The lowest BCUT2D eigenvalue weighted by molar-refractivity contribution is -0.120. The molecule has 2 nitrogen and oxygen atoms in total. The van der Waals surface area contributed by atoms with Crippen LogP contribution in [0.15, 0.2) is 18.2 Å². The first-order valence-corrected chi connectivity index (χ1v) is 5.81. The molecule has 1 aromatic rings. The molecule has 1 aliphatic rings. The molecule has 0 bridgehead atoms. The number of hydrogen-bond acceptors (Lipinski definition) is 2. The van der Waals surface area contributed by atoms with Crippen LogP contribution in [0.3, 0.4) is 0 Å². The number of hydrogen-bond donors (Lipinski definition) is 0. The highest BCUT2D eigenvalue weighted by Crippen LogP contribution is 2.36. The van der Waals surface area contributed by atoms with Gasteiger partial charge in [-0.25, -0.2) is 0 Å². The maximum atomic E-state index is 12.6. The maximum absolute atomic E-state index is 12.6. The molecule has 1 fully saturated rings. The zero-order valence-corrected chi connectivity index (χ0v) is 10.1. The number of halogens is 4. The first-order valence-electron chi connectivity index (χ1n) is 5.44. The SMILES string of the molecule is N#Cc1ccc(Cl)cc1N(CC(F)(F)F)C1CC1. The topological polar surface area (TPSA) is 27.0 Å². The molecule has 0 saturated heterocycles. The van der Waals surface area contributed by atoms with E-state index in [1.54, 1.807) is 0 Å². The minimum atomic E-state index is -4.29. The van der Waals surface area contributed by atoms with E-state index in [9.17, 15) is 13.2 Å². The Morgan fingerprint density at radius 1 is 1.39 bits per heavy atom. The second-order valence-electron chi connectivity index (χ2n) is 4.25. The van der Waals surface area contributed by atoms with Gasteiger partial charge < -0.3 is 4.90 Å². The van der Waals surface area contributed by atoms with Gasteiger partial charge >= 0.3 is 6.18 Å². The highest BCUT2D eigenvalue weighted by molar-refractivity contribution is 6.30. The van der Waals surface area contributed by atoms with Crippen LogP contribution < -0.4 is 4.90 Å². The smallest absolute Gasteiger partial charge is 0.358 e. The first-order chi connectivity index (χ1) is 8.40. The lowest BCUT2D eigenvalue weighted by Crippen LogP contribution is -2.36. The Morgan fingerprint density at radius 2 is 2.06 bits per heavy atom. The van der Waals surface area contributed by atoms with Crippen molar-refractivity contribution in [2.45, 2.75) is 25.1 Å². The Labute approximate surface area is 108 Å². The predicted octanol–water partition coefficient (Wildman–Crippen LogP) is 3.74. The van der Waals surface area contributed by atoms with Crippen LogP contribution in [0, 0.1) is 11.3 Å². The van der Waals surface area contributed by atoms with Crippen molar-refractivity contribution in [2.75, 3.05) is 11.4 Å². The van der Waals surface area contributed by atoms with Crippen molar-refractivity contribution in [2.24, 2.45) is 0 Å². The summed E-state index contributed by atoms with van der Waals surface area (Å²) in [7, 11) is 0. The van der Waals surface area contributed by atoms with Crippen LogP contribution in [0.25, 0.3) is 0 Å². The van der Waals surface area contributed by atoms with Crippen molar-refractivity contribution >= 4 is 17.3 Å². The molecule has 0 amide bonds. The standard InChI is InChI=1S/C12H10ClF3N2/c13-9-2-1-8(6-17)11(5-9)18(10-3-4-10)7-12(14,15)16/h1-2,5,10H,3-4,7H2. The fourth-order valence-electron chi connectivity index (χ4n) is 1.83. The van der Waals surface area contributed by atoms with E-state index in [4.69, 9.17) is 16.9 Å². The molecule has 0 unspecified atom stereocenters. The minimum Gasteiger partial charge on any atom is -0.358 e. The largest absolute Gasteiger partial charge is 0.405 e. The number of nitriles is 1. The monoisotopic (exact) mass is 274 g/mol. The number of alkyl halides is 3. The first kappa shape index (κ1) is 13.0. The second-order valence-corrected chi connectivity index (χ2v) is 4.68. The summed E-state index contributed by atoms with van der Waals surface area (Å²) in [6, 6.07) is 6.13. The highest BCUT2D eigenvalue weighted by atomic mass is 35.5. The summed E-state index contributed by atoms with van der Waals surface area (Å²) in [5.41, 5.74) is 0.486. The van der Waals surface area contributed by atoms with Crippen LogP contribution >= 0.6 is 11.6 Å². The lowest BCUT2D eigenvalue weighted by Gasteiger charge is -2.26. The zero-order valence-electron chi connectivity index (χ0n) is 9.34. The molecule has 0 aliphatic heterocycles.